The summed E-state index contributed by atoms with van der Waals surface area (Å²) in [5, 5.41) is 5.66. The average Bonchev–Trinajstić information content (AvgIpc) is 2.83. The number of hydrogen-bond acceptors (Lipinski definition) is 5. The first kappa shape index (κ1) is 19.8. The quantitative estimate of drug-likeness (QED) is 0.381. The van der Waals surface area contributed by atoms with E-state index < -0.39 is 0 Å². The lowest BCUT2D eigenvalue weighted by molar-refractivity contribution is 1.08. The number of anilines is 1. The molecular weight excluding hydrogens is 394 g/mol. The molecule has 0 spiro atoms. The largest absolute Gasteiger partial charge is 0.365 e. The van der Waals surface area contributed by atoms with E-state index in [1.54, 1.807) is 18.6 Å². The maximum atomic E-state index is 4.74. The van der Waals surface area contributed by atoms with E-state index in [0.717, 1.165) is 50.2 Å². The van der Waals surface area contributed by atoms with Gasteiger partial charge >= 0.3 is 0 Å². The third-order valence-corrected chi connectivity index (χ3v) is 5.51. The molecule has 0 bridgehead atoms. The standard InChI is InChI=1S/C27H23N5/c1-18-4-3-5-23(12-18)26-19(2)13-20(15-31-26)16-32-27-24-7-6-22(14-21(24)8-9-30-27)25-17-28-10-11-29-25/h3-15,17H,16H2,1-2H3,(H,30,32). The van der Waals surface area contributed by atoms with Crippen molar-refractivity contribution in [3.8, 4) is 22.5 Å². The first-order valence-corrected chi connectivity index (χ1v) is 10.6. The lowest BCUT2D eigenvalue weighted by Crippen LogP contribution is -2.03. The van der Waals surface area contributed by atoms with E-state index in [2.05, 4.69) is 82.6 Å². The molecule has 5 heteroatoms. The molecule has 3 heterocycles. The van der Waals surface area contributed by atoms with Crippen LogP contribution in [0.25, 0.3) is 33.3 Å². The Kier molecular flexibility index (Phi) is 5.30. The number of nitrogens with zero attached hydrogens (tertiary/aromatic N) is 4. The van der Waals surface area contributed by atoms with Crippen LogP contribution in [0.4, 0.5) is 5.82 Å². The molecule has 0 radical (unpaired) electrons. The van der Waals surface area contributed by atoms with Gasteiger partial charge in [0.2, 0.25) is 0 Å². The molecule has 3 aromatic heterocycles. The normalized spacial score (nSPS) is 10.9. The van der Waals surface area contributed by atoms with Crippen molar-refractivity contribution < 1.29 is 0 Å². The molecule has 0 saturated carbocycles. The van der Waals surface area contributed by atoms with Crippen LogP contribution in [0, 0.1) is 13.8 Å². The minimum Gasteiger partial charge on any atom is -0.365 e. The van der Waals surface area contributed by atoms with Gasteiger partial charge in [-0.3, -0.25) is 15.0 Å². The highest BCUT2D eigenvalue weighted by molar-refractivity contribution is 5.94. The summed E-state index contributed by atoms with van der Waals surface area (Å²) in [6, 6.07) is 18.9. The Morgan fingerprint density at radius 3 is 2.53 bits per heavy atom. The van der Waals surface area contributed by atoms with Gasteiger partial charge in [-0.2, -0.15) is 0 Å². The molecule has 2 aromatic carbocycles. The molecule has 0 aliphatic carbocycles. The summed E-state index contributed by atoms with van der Waals surface area (Å²) < 4.78 is 0. The van der Waals surface area contributed by atoms with Crippen molar-refractivity contribution in [3.63, 3.8) is 0 Å². The molecule has 0 aliphatic heterocycles. The van der Waals surface area contributed by atoms with E-state index in [-0.39, 0.29) is 0 Å². The number of rotatable bonds is 5. The van der Waals surface area contributed by atoms with Crippen molar-refractivity contribution in [1.29, 1.82) is 0 Å². The van der Waals surface area contributed by atoms with E-state index in [1.165, 1.54) is 5.56 Å². The third kappa shape index (κ3) is 4.05. The fourth-order valence-corrected chi connectivity index (χ4v) is 3.94. The van der Waals surface area contributed by atoms with Crippen molar-refractivity contribution in [2.24, 2.45) is 0 Å². The molecule has 0 amide bonds. The zero-order valence-electron chi connectivity index (χ0n) is 18.1. The third-order valence-electron chi connectivity index (χ3n) is 5.51. The molecule has 0 fully saturated rings. The summed E-state index contributed by atoms with van der Waals surface area (Å²) >= 11 is 0. The van der Waals surface area contributed by atoms with Gasteiger partial charge in [0.1, 0.15) is 5.82 Å². The fraction of sp³-hybridized carbons (Fsp3) is 0.111. The van der Waals surface area contributed by atoms with E-state index in [4.69, 9.17) is 4.98 Å². The minimum atomic E-state index is 0.653. The first-order valence-electron chi connectivity index (χ1n) is 10.6. The molecule has 32 heavy (non-hydrogen) atoms. The zero-order valence-corrected chi connectivity index (χ0v) is 18.1. The predicted molar refractivity (Wildman–Crippen MR) is 129 cm³/mol. The van der Waals surface area contributed by atoms with Crippen LogP contribution in [-0.2, 0) is 6.54 Å². The van der Waals surface area contributed by atoms with Gasteiger partial charge in [-0.05, 0) is 54.6 Å². The van der Waals surface area contributed by atoms with Crippen molar-refractivity contribution >= 4 is 16.6 Å². The Bertz CT molecular complexity index is 1400. The molecule has 5 nitrogen and oxygen atoms in total. The molecule has 5 rings (SSSR count). The second-order valence-electron chi connectivity index (χ2n) is 7.92. The van der Waals surface area contributed by atoms with Crippen LogP contribution in [0.3, 0.4) is 0 Å². The maximum absolute atomic E-state index is 4.74. The second kappa shape index (κ2) is 8.55. The summed E-state index contributed by atoms with van der Waals surface area (Å²) in [7, 11) is 0. The Labute approximate surface area is 187 Å². The van der Waals surface area contributed by atoms with Gasteiger partial charge < -0.3 is 5.32 Å². The van der Waals surface area contributed by atoms with Crippen molar-refractivity contribution in [2.75, 3.05) is 5.32 Å². The van der Waals surface area contributed by atoms with Gasteiger partial charge in [0, 0.05) is 47.8 Å². The van der Waals surface area contributed by atoms with Crippen LogP contribution in [0.5, 0.6) is 0 Å². The van der Waals surface area contributed by atoms with Crippen molar-refractivity contribution in [1.82, 2.24) is 19.9 Å². The Morgan fingerprint density at radius 1 is 0.781 bits per heavy atom. The number of hydrogen-bond donors (Lipinski definition) is 1. The molecule has 0 unspecified atom stereocenters. The number of nitrogens with one attached hydrogen (secondary N) is 1. The van der Waals surface area contributed by atoms with Crippen LogP contribution in [0.15, 0.2) is 85.6 Å². The molecule has 156 valence electrons. The van der Waals surface area contributed by atoms with E-state index in [1.807, 2.05) is 18.5 Å². The Morgan fingerprint density at radius 2 is 1.72 bits per heavy atom. The summed E-state index contributed by atoms with van der Waals surface area (Å²) in [6.07, 6.45) is 8.93. The van der Waals surface area contributed by atoms with Gasteiger partial charge in [0.25, 0.3) is 0 Å². The van der Waals surface area contributed by atoms with Crippen LogP contribution >= 0.6 is 0 Å². The average molecular weight is 418 g/mol. The van der Waals surface area contributed by atoms with E-state index in [0.29, 0.717) is 6.54 Å². The van der Waals surface area contributed by atoms with Crippen molar-refractivity contribution in [3.05, 3.63) is 102 Å². The minimum absolute atomic E-state index is 0.653. The maximum Gasteiger partial charge on any atom is 0.134 e. The number of benzene rings is 2. The summed E-state index contributed by atoms with van der Waals surface area (Å²) in [4.78, 5) is 17.9. The van der Waals surface area contributed by atoms with Crippen molar-refractivity contribution in [2.45, 2.75) is 20.4 Å². The Balaban J connectivity index is 1.38. The lowest BCUT2D eigenvalue weighted by Gasteiger charge is -2.12. The highest BCUT2D eigenvalue weighted by Crippen LogP contribution is 2.27. The second-order valence-corrected chi connectivity index (χ2v) is 7.92. The first-order chi connectivity index (χ1) is 15.7. The monoisotopic (exact) mass is 417 g/mol. The summed E-state index contributed by atoms with van der Waals surface area (Å²) in [6.45, 7) is 4.86. The molecule has 5 aromatic rings. The smallest absolute Gasteiger partial charge is 0.134 e. The topological polar surface area (TPSA) is 63.6 Å². The Hall–Kier alpha value is -4.12. The van der Waals surface area contributed by atoms with Gasteiger partial charge in [-0.15, -0.1) is 0 Å². The SMILES string of the molecule is Cc1cccc(-c2ncc(CNc3nccc4cc(-c5cnccn5)ccc34)cc2C)c1. The van der Waals surface area contributed by atoms with Gasteiger partial charge in [0.05, 0.1) is 17.6 Å². The molecule has 1 N–H and O–H groups in total. The summed E-state index contributed by atoms with van der Waals surface area (Å²) in [5.41, 5.74) is 7.58. The van der Waals surface area contributed by atoms with Crippen LogP contribution < -0.4 is 5.32 Å². The van der Waals surface area contributed by atoms with Crippen LogP contribution in [0.2, 0.25) is 0 Å². The van der Waals surface area contributed by atoms with Crippen LogP contribution in [0.1, 0.15) is 16.7 Å². The van der Waals surface area contributed by atoms with Gasteiger partial charge in [-0.25, -0.2) is 4.98 Å². The zero-order chi connectivity index (χ0) is 21.9. The van der Waals surface area contributed by atoms with Gasteiger partial charge in [0.15, 0.2) is 0 Å². The number of aryl methyl sites for hydroxylation is 2. The number of fused-ring (bicyclic) bond motifs is 1. The highest BCUT2D eigenvalue weighted by atomic mass is 15.0. The molecule has 0 saturated heterocycles. The van der Waals surface area contributed by atoms with E-state index in [9.17, 15) is 0 Å². The van der Waals surface area contributed by atoms with Crippen LogP contribution in [-0.4, -0.2) is 19.9 Å². The number of aromatic nitrogens is 4. The van der Waals surface area contributed by atoms with Gasteiger partial charge in [-0.1, -0.05) is 35.9 Å². The number of pyridine rings is 2. The fourth-order valence-electron chi connectivity index (χ4n) is 3.94. The molecule has 0 atom stereocenters. The molecular formula is C27H23N5. The highest BCUT2D eigenvalue weighted by Gasteiger charge is 2.08. The lowest BCUT2D eigenvalue weighted by atomic mass is 10.0. The molecule has 0 aliphatic rings. The summed E-state index contributed by atoms with van der Waals surface area (Å²) in [5.74, 6) is 0.855. The van der Waals surface area contributed by atoms with E-state index >= 15 is 0 Å². The predicted octanol–water partition coefficient (Wildman–Crippen LogP) is 5.98.